The van der Waals surface area contributed by atoms with E-state index in [1.165, 1.54) is 5.56 Å². The predicted octanol–water partition coefficient (Wildman–Crippen LogP) is 0.485. The SMILES string of the molecule is CC(CN1CCNCC1)c1cncnc1. The van der Waals surface area contributed by atoms with Gasteiger partial charge >= 0.3 is 0 Å². The van der Waals surface area contributed by atoms with E-state index < -0.39 is 0 Å². The molecule has 0 aliphatic carbocycles. The molecule has 1 aromatic heterocycles. The van der Waals surface area contributed by atoms with Gasteiger partial charge in [-0.25, -0.2) is 9.97 Å². The van der Waals surface area contributed by atoms with Crippen LogP contribution in [0.15, 0.2) is 18.7 Å². The number of nitrogens with one attached hydrogen (secondary N) is 1. The Bertz CT molecular complexity index is 282. The fourth-order valence-corrected chi connectivity index (χ4v) is 1.95. The largest absolute Gasteiger partial charge is 0.314 e. The van der Waals surface area contributed by atoms with Crippen molar-refractivity contribution in [3.05, 3.63) is 24.3 Å². The zero-order valence-electron chi connectivity index (χ0n) is 9.19. The monoisotopic (exact) mass is 206 g/mol. The minimum atomic E-state index is 0.518. The van der Waals surface area contributed by atoms with Gasteiger partial charge in [0.05, 0.1) is 0 Å². The molecule has 0 aromatic carbocycles. The van der Waals surface area contributed by atoms with E-state index >= 15 is 0 Å². The fraction of sp³-hybridized carbons (Fsp3) is 0.636. The Balaban J connectivity index is 1.88. The van der Waals surface area contributed by atoms with Gasteiger partial charge in [-0.15, -0.1) is 0 Å². The van der Waals surface area contributed by atoms with Crippen LogP contribution in [-0.2, 0) is 0 Å². The molecule has 1 aliphatic heterocycles. The van der Waals surface area contributed by atoms with Crippen molar-refractivity contribution in [2.75, 3.05) is 32.7 Å². The Hall–Kier alpha value is -1.00. The van der Waals surface area contributed by atoms with E-state index in [2.05, 4.69) is 27.1 Å². The third-order valence-corrected chi connectivity index (χ3v) is 2.89. The topological polar surface area (TPSA) is 41.0 Å². The van der Waals surface area contributed by atoms with Crippen LogP contribution in [0.4, 0.5) is 0 Å². The molecule has 2 rings (SSSR count). The molecule has 1 fully saturated rings. The minimum Gasteiger partial charge on any atom is -0.314 e. The molecule has 0 bridgehead atoms. The van der Waals surface area contributed by atoms with Gasteiger partial charge in [0, 0.05) is 45.1 Å². The van der Waals surface area contributed by atoms with Crippen molar-refractivity contribution in [2.45, 2.75) is 12.8 Å². The lowest BCUT2D eigenvalue weighted by atomic mass is 10.0. The van der Waals surface area contributed by atoms with Crippen molar-refractivity contribution in [3.8, 4) is 0 Å². The maximum atomic E-state index is 4.06. The van der Waals surface area contributed by atoms with Crippen LogP contribution in [0.25, 0.3) is 0 Å². The van der Waals surface area contributed by atoms with E-state index in [4.69, 9.17) is 0 Å². The summed E-state index contributed by atoms with van der Waals surface area (Å²) in [6.45, 7) is 7.86. The lowest BCUT2D eigenvalue weighted by molar-refractivity contribution is 0.230. The van der Waals surface area contributed by atoms with Gasteiger partial charge in [0.1, 0.15) is 6.33 Å². The zero-order chi connectivity index (χ0) is 10.5. The highest BCUT2D eigenvalue weighted by Gasteiger charge is 2.14. The molecular formula is C11H18N4. The van der Waals surface area contributed by atoms with Crippen molar-refractivity contribution in [1.29, 1.82) is 0 Å². The molecule has 0 spiro atoms. The molecule has 15 heavy (non-hydrogen) atoms. The summed E-state index contributed by atoms with van der Waals surface area (Å²) in [5, 5.41) is 3.36. The molecule has 1 N–H and O–H groups in total. The van der Waals surface area contributed by atoms with Gasteiger partial charge in [0.2, 0.25) is 0 Å². The first kappa shape index (κ1) is 10.5. The average Bonchev–Trinajstić information content (AvgIpc) is 2.31. The van der Waals surface area contributed by atoms with Crippen LogP contribution in [0, 0.1) is 0 Å². The Morgan fingerprint density at radius 3 is 2.67 bits per heavy atom. The van der Waals surface area contributed by atoms with Gasteiger partial charge in [-0.1, -0.05) is 6.92 Å². The second kappa shape index (κ2) is 5.19. The van der Waals surface area contributed by atoms with Crippen molar-refractivity contribution < 1.29 is 0 Å². The van der Waals surface area contributed by atoms with Crippen LogP contribution in [-0.4, -0.2) is 47.6 Å². The first-order chi connectivity index (χ1) is 7.36. The van der Waals surface area contributed by atoms with Crippen LogP contribution in [0.3, 0.4) is 0 Å². The Labute approximate surface area is 90.7 Å². The van der Waals surface area contributed by atoms with E-state index in [0.29, 0.717) is 5.92 Å². The van der Waals surface area contributed by atoms with Gasteiger partial charge in [-0.3, -0.25) is 0 Å². The fourth-order valence-electron chi connectivity index (χ4n) is 1.95. The summed E-state index contributed by atoms with van der Waals surface area (Å²) in [7, 11) is 0. The molecule has 0 radical (unpaired) electrons. The minimum absolute atomic E-state index is 0.518. The quantitative estimate of drug-likeness (QED) is 0.781. The Morgan fingerprint density at radius 2 is 2.00 bits per heavy atom. The smallest absolute Gasteiger partial charge is 0.115 e. The van der Waals surface area contributed by atoms with Gasteiger partial charge in [0.25, 0.3) is 0 Å². The summed E-state index contributed by atoms with van der Waals surface area (Å²) in [5.74, 6) is 0.518. The summed E-state index contributed by atoms with van der Waals surface area (Å²) < 4.78 is 0. The lowest BCUT2D eigenvalue weighted by Gasteiger charge is -2.29. The summed E-state index contributed by atoms with van der Waals surface area (Å²) in [4.78, 5) is 10.6. The van der Waals surface area contributed by atoms with Crippen LogP contribution in [0.5, 0.6) is 0 Å². The van der Waals surface area contributed by atoms with Crippen molar-refractivity contribution >= 4 is 0 Å². The maximum absolute atomic E-state index is 4.06. The first-order valence-corrected chi connectivity index (χ1v) is 5.54. The number of piperazine rings is 1. The molecule has 1 saturated heterocycles. The maximum Gasteiger partial charge on any atom is 0.115 e. The van der Waals surface area contributed by atoms with Gasteiger partial charge < -0.3 is 10.2 Å². The molecular weight excluding hydrogens is 188 g/mol. The standard InChI is InChI=1S/C11H18N4/c1-10(11-6-13-9-14-7-11)8-15-4-2-12-3-5-15/h6-7,9-10,12H,2-5,8H2,1H3. The van der Waals surface area contributed by atoms with Crippen molar-refractivity contribution in [1.82, 2.24) is 20.2 Å². The van der Waals surface area contributed by atoms with Crippen LogP contribution < -0.4 is 5.32 Å². The molecule has 1 aliphatic rings. The Kier molecular flexibility index (Phi) is 3.64. The number of aromatic nitrogens is 2. The van der Waals surface area contributed by atoms with Crippen molar-refractivity contribution in [2.24, 2.45) is 0 Å². The van der Waals surface area contributed by atoms with Gasteiger partial charge in [-0.2, -0.15) is 0 Å². The van der Waals surface area contributed by atoms with Crippen LogP contribution in [0.2, 0.25) is 0 Å². The molecule has 1 aromatic rings. The molecule has 0 amide bonds. The third kappa shape index (κ3) is 2.97. The lowest BCUT2D eigenvalue weighted by Crippen LogP contribution is -2.44. The van der Waals surface area contributed by atoms with E-state index in [9.17, 15) is 0 Å². The number of rotatable bonds is 3. The zero-order valence-corrected chi connectivity index (χ0v) is 9.19. The second-order valence-corrected chi connectivity index (χ2v) is 4.12. The summed E-state index contributed by atoms with van der Waals surface area (Å²) >= 11 is 0. The molecule has 4 heteroatoms. The number of nitrogens with zero attached hydrogens (tertiary/aromatic N) is 3. The van der Waals surface area contributed by atoms with Crippen molar-refractivity contribution in [3.63, 3.8) is 0 Å². The molecule has 0 saturated carbocycles. The van der Waals surface area contributed by atoms with Gasteiger partial charge in [0.15, 0.2) is 0 Å². The summed E-state index contributed by atoms with van der Waals surface area (Å²) in [5.41, 5.74) is 1.23. The molecule has 2 heterocycles. The number of hydrogen-bond donors (Lipinski definition) is 1. The Morgan fingerprint density at radius 1 is 1.33 bits per heavy atom. The van der Waals surface area contributed by atoms with Gasteiger partial charge in [-0.05, 0) is 11.5 Å². The average molecular weight is 206 g/mol. The predicted molar refractivity (Wildman–Crippen MR) is 59.8 cm³/mol. The molecule has 1 atom stereocenters. The van der Waals surface area contributed by atoms with E-state index in [0.717, 1.165) is 32.7 Å². The molecule has 82 valence electrons. The summed E-state index contributed by atoms with van der Waals surface area (Å²) in [6.07, 6.45) is 5.42. The normalized spacial score (nSPS) is 20.1. The van der Waals surface area contributed by atoms with E-state index in [1.54, 1.807) is 6.33 Å². The number of hydrogen-bond acceptors (Lipinski definition) is 4. The summed E-state index contributed by atoms with van der Waals surface area (Å²) in [6, 6.07) is 0. The van der Waals surface area contributed by atoms with E-state index in [-0.39, 0.29) is 0 Å². The highest BCUT2D eigenvalue weighted by atomic mass is 15.2. The van der Waals surface area contributed by atoms with E-state index in [1.807, 2.05) is 12.4 Å². The van der Waals surface area contributed by atoms with Crippen LogP contribution in [0.1, 0.15) is 18.4 Å². The highest BCUT2D eigenvalue weighted by Crippen LogP contribution is 2.14. The molecule has 4 nitrogen and oxygen atoms in total. The van der Waals surface area contributed by atoms with Crippen LogP contribution >= 0.6 is 0 Å². The molecule has 1 unspecified atom stereocenters. The second-order valence-electron chi connectivity index (χ2n) is 4.12. The first-order valence-electron chi connectivity index (χ1n) is 5.54. The third-order valence-electron chi connectivity index (χ3n) is 2.89. The highest BCUT2D eigenvalue weighted by molar-refractivity contribution is 5.09.